The van der Waals surface area contributed by atoms with Gasteiger partial charge in [-0.1, -0.05) is 30.7 Å². The van der Waals surface area contributed by atoms with E-state index >= 15 is 0 Å². The van der Waals surface area contributed by atoms with Crippen LogP contribution in [0.3, 0.4) is 0 Å². The van der Waals surface area contributed by atoms with Crippen LogP contribution in [0.15, 0.2) is 42.5 Å². The highest BCUT2D eigenvalue weighted by molar-refractivity contribution is 6.30. The number of halogens is 3. The summed E-state index contributed by atoms with van der Waals surface area (Å²) < 4.78 is 30.5. The lowest BCUT2D eigenvalue weighted by atomic mass is 10.0. The summed E-state index contributed by atoms with van der Waals surface area (Å²) >= 11 is 6.22. The molecule has 2 heterocycles. The highest BCUT2D eigenvalue weighted by atomic mass is 35.5. The second-order valence-electron chi connectivity index (χ2n) is 8.21. The van der Waals surface area contributed by atoms with Crippen LogP contribution in [0.5, 0.6) is 0 Å². The molecule has 0 N–H and O–H groups in total. The molecule has 33 heavy (non-hydrogen) atoms. The number of rotatable bonds is 7. The molecule has 0 fully saturated rings. The molecule has 0 saturated carbocycles. The van der Waals surface area contributed by atoms with Crippen LogP contribution in [-0.4, -0.2) is 45.1 Å². The van der Waals surface area contributed by atoms with Gasteiger partial charge in [-0.2, -0.15) is 5.10 Å². The third-order valence-electron chi connectivity index (χ3n) is 6.00. The van der Waals surface area contributed by atoms with Crippen molar-refractivity contribution in [3.05, 3.63) is 81.6 Å². The first kappa shape index (κ1) is 23.4. The predicted molar refractivity (Wildman–Crippen MR) is 125 cm³/mol. The molecular weight excluding hydrogens is 446 g/mol. The Hall–Kier alpha value is -2.77. The molecule has 5 nitrogen and oxygen atoms in total. The number of amides is 1. The molecule has 1 aliphatic rings. The quantitative estimate of drug-likeness (QED) is 0.472. The molecule has 0 spiro atoms. The Kier molecular flexibility index (Phi) is 7.10. The van der Waals surface area contributed by atoms with Gasteiger partial charge in [-0.3, -0.25) is 9.69 Å². The summed E-state index contributed by atoms with van der Waals surface area (Å²) in [5.41, 5.74) is 3.20. The van der Waals surface area contributed by atoms with Gasteiger partial charge in [0.1, 0.15) is 17.2 Å². The molecule has 1 aromatic heterocycles. The van der Waals surface area contributed by atoms with Crippen LogP contribution >= 0.6 is 11.6 Å². The zero-order chi connectivity index (χ0) is 23.5. The Balaban J connectivity index is 1.72. The van der Waals surface area contributed by atoms with Gasteiger partial charge in [0.25, 0.3) is 5.91 Å². The first-order chi connectivity index (χ1) is 15.9. The lowest BCUT2D eigenvalue weighted by molar-refractivity contribution is 0.0739. The minimum absolute atomic E-state index is 0.166. The first-order valence-electron chi connectivity index (χ1n) is 11.2. The fourth-order valence-electron chi connectivity index (χ4n) is 4.37. The van der Waals surface area contributed by atoms with E-state index in [9.17, 15) is 13.6 Å². The Labute approximate surface area is 197 Å². The van der Waals surface area contributed by atoms with Crippen LogP contribution in [0.4, 0.5) is 8.78 Å². The van der Waals surface area contributed by atoms with Crippen LogP contribution in [0.2, 0.25) is 5.02 Å². The van der Waals surface area contributed by atoms with Gasteiger partial charge >= 0.3 is 0 Å². The van der Waals surface area contributed by atoms with E-state index in [2.05, 4.69) is 11.8 Å². The molecule has 8 heteroatoms. The number of carbonyl (C=O) groups is 1. The molecule has 174 valence electrons. The Morgan fingerprint density at radius 1 is 1.15 bits per heavy atom. The van der Waals surface area contributed by atoms with Crippen LogP contribution in [0.25, 0.3) is 5.69 Å². The second kappa shape index (κ2) is 10.0. The molecule has 2 aromatic carbocycles. The summed E-state index contributed by atoms with van der Waals surface area (Å²) in [6, 6.07) is 10.9. The third kappa shape index (κ3) is 4.80. The topological polar surface area (TPSA) is 41.4 Å². The number of hydrogen-bond donors (Lipinski definition) is 0. The molecule has 0 bridgehead atoms. The van der Waals surface area contributed by atoms with Crippen molar-refractivity contribution in [1.29, 1.82) is 0 Å². The Bertz CT molecular complexity index is 1140. The normalized spacial score (nSPS) is 13.7. The smallest absolute Gasteiger partial charge is 0.260 e. The van der Waals surface area contributed by atoms with Gasteiger partial charge < -0.3 is 4.90 Å². The average Bonchev–Trinajstić information content (AvgIpc) is 3.15. The van der Waals surface area contributed by atoms with Gasteiger partial charge in [-0.15, -0.1) is 0 Å². The van der Waals surface area contributed by atoms with Crippen LogP contribution < -0.4 is 0 Å². The fourth-order valence-corrected chi connectivity index (χ4v) is 4.55. The minimum atomic E-state index is -0.862. The predicted octanol–water partition coefficient (Wildman–Crippen LogP) is 5.23. The summed E-state index contributed by atoms with van der Waals surface area (Å²) in [7, 11) is 0. The molecule has 0 unspecified atom stereocenters. The van der Waals surface area contributed by atoms with E-state index in [1.807, 2.05) is 28.9 Å². The monoisotopic (exact) mass is 472 g/mol. The van der Waals surface area contributed by atoms with Crippen molar-refractivity contribution in [2.75, 3.05) is 19.6 Å². The van der Waals surface area contributed by atoms with Crippen molar-refractivity contribution in [2.45, 2.75) is 39.8 Å². The molecule has 0 aliphatic carbocycles. The van der Waals surface area contributed by atoms with Crippen molar-refractivity contribution in [3.8, 4) is 5.69 Å². The summed E-state index contributed by atoms with van der Waals surface area (Å²) in [4.78, 5) is 16.9. The lowest BCUT2D eigenvalue weighted by Crippen LogP contribution is -2.34. The summed E-state index contributed by atoms with van der Waals surface area (Å²) in [5.74, 6) is -2.40. The van der Waals surface area contributed by atoms with Gasteiger partial charge in [-0.25, -0.2) is 13.5 Å². The van der Waals surface area contributed by atoms with E-state index in [-0.39, 0.29) is 6.54 Å². The average molecular weight is 473 g/mol. The van der Waals surface area contributed by atoms with E-state index < -0.39 is 23.1 Å². The van der Waals surface area contributed by atoms with E-state index in [1.165, 1.54) is 11.0 Å². The number of carbonyl (C=O) groups excluding carboxylic acids is 1. The van der Waals surface area contributed by atoms with Gasteiger partial charge in [0.15, 0.2) is 0 Å². The van der Waals surface area contributed by atoms with Crippen molar-refractivity contribution in [1.82, 2.24) is 19.6 Å². The molecule has 0 saturated heterocycles. The van der Waals surface area contributed by atoms with E-state index in [4.69, 9.17) is 16.7 Å². The van der Waals surface area contributed by atoms with Gasteiger partial charge in [0, 0.05) is 36.6 Å². The van der Waals surface area contributed by atoms with Crippen LogP contribution in [0.1, 0.15) is 47.6 Å². The van der Waals surface area contributed by atoms with Crippen molar-refractivity contribution < 1.29 is 13.6 Å². The van der Waals surface area contributed by atoms with Crippen molar-refractivity contribution in [3.63, 3.8) is 0 Å². The molecule has 0 atom stereocenters. The summed E-state index contributed by atoms with van der Waals surface area (Å²) in [6.45, 7) is 7.01. The first-order valence-corrected chi connectivity index (χ1v) is 11.6. The van der Waals surface area contributed by atoms with Crippen molar-refractivity contribution in [2.24, 2.45) is 0 Å². The maximum atomic E-state index is 14.3. The Morgan fingerprint density at radius 2 is 1.88 bits per heavy atom. The zero-order valence-electron chi connectivity index (χ0n) is 18.8. The molecule has 1 aliphatic heterocycles. The molecule has 0 radical (unpaired) electrons. The molecule has 4 rings (SSSR count). The maximum absolute atomic E-state index is 14.3. The lowest BCUT2D eigenvalue weighted by Gasteiger charge is -2.28. The van der Waals surface area contributed by atoms with Gasteiger partial charge in [0.2, 0.25) is 0 Å². The number of benzene rings is 2. The number of nitrogens with zero attached hydrogens (tertiary/aromatic N) is 4. The second-order valence-corrected chi connectivity index (χ2v) is 8.64. The van der Waals surface area contributed by atoms with E-state index in [1.54, 1.807) is 6.92 Å². The van der Waals surface area contributed by atoms with Crippen LogP contribution in [0, 0.1) is 11.6 Å². The number of fused-ring (bicyclic) bond motifs is 1. The molecule has 1 amide bonds. The van der Waals surface area contributed by atoms with Crippen LogP contribution in [-0.2, 0) is 19.5 Å². The molecular formula is C25H27ClF2N4O. The summed E-state index contributed by atoms with van der Waals surface area (Å²) in [5, 5.41) is 5.47. The minimum Gasteiger partial charge on any atom is -0.333 e. The summed E-state index contributed by atoms with van der Waals surface area (Å²) in [6.07, 6.45) is 1.86. The highest BCUT2D eigenvalue weighted by Crippen LogP contribution is 2.28. The number of hydrogen-bond acceptors (Lipinski definition) is 3. The SMILES string of the molecule is CCCN1CCc2c(c(CN(CC)C(=O)c3c(F)cccc3F)nn2-c2cccc(Cl)c2)C1. The Morgan fingerprint density at radius 3 is 2.55 bits per heavy atom. The zero-order valence-corrected chi connectivity index (χ0v) is 19.6. The van der Waals surface area contributed by atoms with Crippen molar-refractivity contribution >= 4 is 17.5 Å². The number of aromatic nitrogens is 2. The standard InChI is InChI=1S/C25H27ClF2N4O/c1-3-12-30-13-11-23-19(15-30)22(29-32(23)18-8-5-7-17(26)14-18)16-31(4-2)25(33)24-20(27)9-6-10-21(24)28/h5-10,14H,3-4,11-13,15-16H2,1-2H3. The third-order valence-corrected chi connectivity index (χ3v) is 6.23. The fraction of sp³-hybridized carbons (Fsp3) is 0.360. The van der Waals surface area contributed by atoms with E-state index in [0.29, 0.717) is 11.6 Å². The molecule has 3 aromatic rings. The largest absolute Gasteiger partial charge is 0.333 e. The highest BCUT2D eigenvalue weighted by Gasteiger charge is 2.28. The van der Waals surface area contributed by atoms with Gasteiger partial charge in [-0.05, 0) is 50.2 Å². The van der Waals surface area contributed by atoms with Gasteiger partial charge in [0.05, 0.1) is 23.6 Å². The maximum Gasteiger partial charge on any atom is 0.260 e. The van der Waals surface area contributed by atoms with E-state index in [0.717, 1.165) is 67.2 Å².